The number of amides is 1. The van der Waals surface area contributed by atoms with Crippen LogP contribution in [0.2, 0.25) is 0 Å². The zero-order valence-corrected chi connectivity index (χ0v) is 17.4. The number of rotatable bonds is 8. The first kappa shape index (κ1) is 21.2. The van der Waals surface area contributed by atoms with Gasteiger partial charge in [-0.1, -0.05) is 35.9 Å². The molecule has 1 heterocycles. The van der Waals surface area contributed by atoms with Gasteiger partial charge in [-0.25, -0.2) is 4.79 Å². The number of carbonyl (C=O) groups is 2. The zero-order chi connectivity index (χ0) is 21.5. The highest BCUT2D eigenvalue weighted by Gasteiger charge is 2.19. The summed E-state index contributed by atoms with van der Waals surface area (Å²) in [6, 6.07) is 15.8. The van der Waals surface area contributed by atoms with Gasteiger partial charge in [0.15, 0.2) is 6.61 Å². The molecule has 0 aliphatic carbocycles. The molecule has 6 heteroatoms. The third-order valence-electron chi connectivity index (χ3n) is 4.77. The number of aromatic nitrogens is 1. The molecular weight excluding hydrogens is 380 g/mol. The molecule has 0 aliphatic heterocycles. The van der Waals surface area contributed by atoms with Gasteiger partial charge in [0.1, 0.15) is 5.75 Å². The van der Waals surface area contributed by atoms with E-state index in [0.717, 1.165) is 33.4 Å². The summed E-state index contributed by atoms with van der Waals surface area (Å²) in [4.78, 5) is 27.2. The number of aromatic amines is 1. The first-order valence-corrected chi connectivity index (χ1v) is 9.76. The van der Waals surface area contributed by atoms with Crippen LogP contribution in [-0.2, 0) is 14.3 Å². The number of H-pyrrole nitrogens is 1. The Balaban J connectivity index is 1.77. The Labute approximate surface area is 175 Å². The standard InChI is InChI=1S/C24H26N2O4/c1-16(2)12-24(28)30-15-23(27)26-13-20(17-8-10-18(29-3)11-9-17)21-14-25-22-7-5-4-6-19(21)22/h4-12,14,20,25H,13,15H2,1-3H3,(H,26,27)/t20-/m1/s1. The number of ether oxygens (including phenoxy) is 2. The number of methoxy groups -OCH3 is 1. The SMILES string of the molecule is COc1ccc([C@@H](CNC(=O)COC(=O)C=C(C)C)c2c[nH]c3ccccc23)cc1. The van der Waals surface area contributed by atoms with Crippen molar-refractivity contribution < 1.29 is 19.1 Å². The average molecular weight is 406 g/mol. The van der Waals surface area contributed by atoms with Crippen molar-refractivity contribution >= 4 is 22.8 Å². The van der Waals surface area contributed by atoms with Crippen molar-refractivity contribution in [2.24, 2.45) is 0 Å². The number of para-hydroxylation sites is 1. The summed E-state index contributed by atoms with van der Waals surface area (Å²) in [5.74, 6) is -0.173. The number of esters is 1. The second-order valence-electron chi connectivity index (χ2n) is 7.25. The van der Waals surface area contributed by atoms with Gasteiger partial charge in [-0.15, -0.1) is 0 Å². The van der Waals surface area contributed by atoms with Crippen molar-refractivity contribution in [1.29, 1.82) is 0 Å². The smallest absolute Gasteiger partial charge is 0.331 e. The van der Waals surface area contributed by atoms with E-state index in [9.17, 15) is 9.59 Å². The van der Waals surface area contributed by atoms with Gasteiger partial charge in [-0.3, -0.25) is 4.79 Å². The number of nitrogens with one attached hydrogen (secondary N) is 2. The predicted molar refractivity (Wildman–Crippen MR) is 117 cm³/mol. The largest absolute Gasteiger partial charge is 0.497 e. The molecule has 0 unspecified atom stereocenters. The highest BCUT2D eigenvalue weighted by molar-refractivity contribution is 5.86. The van der Waals surface area contributed by atoms with Crippen LogP contribution in [-0.4, -0.2) is 37.1 Å². The lowest BCUT2D eigenvalue weighted by Gasteiger charge is -2.18. The van der Waals surface area contributed by atoms with Crippen LogP contribution in [0.15, 0.2) is 66.4 Å². The van der Waals surface area contributed by atoms with Crippen LogP contribution >= 0.6 is 0 Å². The number of allylic oxidation sites excluding steroid dienone is 1. The fraction of sp³-hybridized carbons (Fsp3) is 0.250. The lowest BCUT2D eigenvalue weighted by Crippen LogP contribution is -2.32. The summed E-state index contributed by atoms with van der Waals surface area (Å²) in [7, 11) is 1.63. The van der Waals surface area contributed by atoms with E-state index >= 15 is 0 Å². The predicted octanol–water partition coefficient (Wildman–Crippen LogP) is 3.93. The van der Waals surface area contributed by atoms with Crippen LogP contribution < -0.4 is 10.1 Å². The molecule has 6 nitrogen and oxygen atoms in total. The monoisotopic (exact) mass is 406 g/mol. The molecule has 0 spiro atoms. The summed E-state index contributed by atoms with van der Waals surface area (Å²) in [6.07, 6.45) is 3.33. The normalized spacial score (nSPS) is 11.6. The first-order valence-electron chi connectivity index (χ1n) is 9.76. The van der Waals surface area contributed by atoms with Crippen molar-refractivity contribution in [3.05, 3.63) is 77.5 Å². The van der Waals surface area contributed by atoms with Gasteiger partial charge in [0.05, 0.1) is 7.11 Å². The molecule has 0 saturated carbocycles. The fourth-order valence-corrected chi connectivity index (χ4v) is 3.31. The van der Waals surface area contributed by atoms with Gasteiger partial charge in [-0.2, -0.15) is 0 Å². The van der Waals surface area contributed by atoms with E-state index in [0.29, 0.717) is 6.54 Å². The Hall–Kier alpha value is -3.54. The Morgan fingerprint density at radius 1 is 1.10 bits per heavy atom. The number of hydrogen-bond acceptors (Lipinski definition) is 4. The van der Waals surface area contributed by atoms with Crippen LogP contribution in [0.1, 0.15) is 30.9 Å². The molecule has 3 aromatic rings. The van der Waals surface area contributed by atoms with E-state index in [4.69, 9.17) is 9.47 Å². The minimum absolute atomic E-state index is 0.0792. The fourth-order valence-electron chi connectivity index (χ4n) is 3.31. The lowest BCUT2D eigenvalue weighted by atomic mass is 9.91. The molecule has 1 atom stereocenters. The van der Waals surface area contributed by atoms with Crippen molar-refractivity contribution in [3.63, 3.8) is 0 Å². The molecule has 0 fully saturated rings. The molecule has 30 heavy (non-hydrogen) atoms. The molecule has 156 valence electrons. The van der Waals surface area contributed by atoms with Gasteiger partial charge in [0, 0.05) is 35.6 Å². The van der Waals surface area contributed by atoms with Gasteiger partial charge in [0.25, 0.3) is 5.91 Å². The van der Waals surface area contributed by atoms with Crippen LogP contribution in [0.25, 0.3) is 10.9 Å². The molecule has 1 amide bonds. The Kier molecular flexibility index (Phi) is 6.91. The molecule has 3 rings (SSSR count). The summed E-state index contributed by atoms with van der Waals surface area (Å²) >= 11 is 0. The van der Waals surface area contributed by atoms with Gasteiger partial charge in [0.2, 0.25) is 0 Å². The maximum Gasteiger partial charge on any atom is 0.331 e. The molecular formula is C24H26N2O4. The maximum atomic E-state index is 12.3. The van der Waals surface area contributed by atoms with E-state index in [2.05, 4.69) is 16.4 Å². The molecule has 0 aliphatic rings. The highest BCUT2D eigenvalue weighted by atomic mass is 16.5. The van der Waals surface area contributed by atoms with E-state index in [-0.39, 0.29) is 18.4 Å². The van der Waals surface area contributed by atoms with Crippen LogP contribution in [0, 0.1) is 0 Å². The van der Waals surface area contributed by atoms with E-state index in [1.54, 1.807) is 21.0 Å². The van der Waals surface area contributed by atoms with Crippen molar-refractivity contribution in [2.75, 3.05) is 20.3 Å². The van der Waals surface area contributed by atoms with Crippen molar-refractivity contribution in [1.82, 2.24) is 10.3 Å². The Bertz CT molecular complexity index is 1050. The molecule has 0 bridgehead atoms. The molecule has 2 aromatic carbocycles. The first-order chi connectivity index (χ1) is 14.5. The third-order valence-corrected chi connectivity index (χ3v) is 4.77. The minimum Gasteiger partial charge on any atom is -0.497 e. The molecule has 0 saturated heterocycles. The molecule has 2 N–H and O–H groups in total. The molecule has 0 radical (unpaired) electrons. The van der Waals surface area contributed by atoms with Crippen LogP contribution in [0.5, 0.6) is 5.75 Å². The summed E-state index contributed by atoms with van der Waals surface area (Å²) in [5.41, 5.74) is 3.98. The van der Waals surface area contributed by atoms with Crippen molar-refractivity contribution in [2.45, 2.75) is 19.8 Å². The van der Waals surface area contributed by atoms with Gasteiger partial charge < -0.3 is 19.8 Å². The highest BCUT2D eigenvalue weighted by Crippen LogP contribution is 2.31. The van der Waals surface area contributed by atoms with Crippen LogP contribution in [0.4, 0.5) is 0 Å². The maximum absolute atomic E-state index is 12.3. The summed E-state index contributed by atoms with van der Waals surface area (Å²) in [5, 5.41) is 3.99. The van der Waals surface area contributed by atoms with Crippen molar-refractivity contribution in [3.8, 4) is 5.75 Å². The number of fused-ring (bicyclic) bond motifs is 1. The number of carbonyl (C=O) groups excluding carboxylic acids is 2. The topological polar surface area (TPSA) is 80.4 Å². The van der Waals surface area contributed by atoms with E-state index in [1.165, 1.54) is 6.08 Å². The Morgan fingerprint density at radius 2 is 1.83 bits per heavy atom. The van der Waals surface area contributed by atoms with Gasteiger partial charge >= 0.3 is 5.97 Å². The van der Waals surface area contributed by atoms with E-state index < -0.39 is 5.97 Å². The quantitative estimate of drug-likeness (QED) is 0.439. The molecule has 1 aromatic heterocycles. The number of benzene rings is 2. The minimum atomic E-state index is -0.520. The summed E-state index contributed by atoms with van der Waals surface area (Å²) in [6.45, 7) is 3.64. The van der Waals surface area contributed by atoms with Gasteiger partial charge in [-0.05, 0) is 43.2 Å². The Morgan fingerprint density at radius 3 is 2.53 bits per heavy atom. The number of hydrogen-bond donors (Lipinski definition) is 2. The lowest BCUT2D eigenvalue weighted by molar-refractivity contribution is -0.143. The average Bonchev–Trinajstić information content (AvgIpc) is 3.16. The van der Waals surface area contributed by atoms with E-state index in [1.807, 2.05) is 48.7 Å². The zero-order valence-electron chi connectivity index (χ0n) is 17.4. The van der Waals surface area contributed by atoms with Crippen LogP contribution in [0.3, 0.4) is 0 Å². The third kappa shape index (κ3) is 5.29. The summed E-state index contributed by atoms with van der Waals surface area (Å²) < 4.78 is 10.3. The second kappa shape index (κ2) is 9.78. The second-order valence-corrected chi connectivity index (χ2v) is 7.25.